The Morgan fingerprint density at radius 1 is 1.54 bits per heavy atom. The lowest BCUT2D eigenvalue weighted by molar-refractivity contribution is 0.566. The molecule has 74 valence electrons. The highest BCUT2D eigenvalue weighted by Gasteiger charge is 2.16. The zero-order valence-corrected chi connectivity index (χ0v) is 8.64. The number of aromatic nitrogens is 2. The van der Waals surface area contributed by atoms with Crippen molar-refractivity contribution >= 4 is 10.0 Å². The predicted molar refractivity (Wildman–Crippen MR) is 48.8 cm³/mol. The van der Waals surface area contributed by atoms with Gasteiger partial charge >= 0.3 is 0 Å². The number of hydrogen-bond acceptors (Lipinski definition) is 3. The first-order chi connectivity index (χ1) is 5.92. The summed E-state index contributed by atoms with van der Waals surface area (Å²) >= 11 is 0. The van der Waals surface area contributed by atoms with Crippen molar-refractivity contribution in [3.8, 4) is 0 Å². The van der Waals surface area contributed by atoms with Crippen LogP contribution < -0.4 is 4.72 Å². The largest absolute Gasteiger partial charge is 0.332 e. The number of nitrogens with zero attached hydrogens (tertiary/aromatic N) is 1. The van der Waals surface area contributed by atoms with Gasteiger partial charge in [-0.25, -0.2) is 18.1 Å². The Bertz CT molecular complexity index is 380. The molecule has 0 aromatic carbocycles. The summed E-state index contributed by atoms with van der Waals surface area (Å²) in [6, 6.07) is -0.117. The van der Waals surface area contributed by atoms with Crippen molar-refractivity contribution in [1.29, 1.82) is 0 Å². The lowest BCUT2D eigenvalue weighted by atomic mass is 10.4. The molecule has 13 heavy (non-hydrogen) atoms. The first-order valence-corrected chi connectivity index (χ1v) is 5.44. The fourth-order valence-electron chi connectivity index (χ4n) is 0.909. The molecule has 6 heteroatoms. The van der Waals surface area contributed by atoms with Crippen molar-refractivity contribution in [2.45, 2.75) is 31.8 Å². The molecule has 2 N–H and O–H groups in total. The molecule has 5 nitrogen and oxygen atoms in total. The minimum atomic E-state index is -3.41. The molecule has 0 unspecified atom stereocenters. The van der Waals surface area contributed by atoms with Gasteiger partial charge < -0.3 is 4.98 Å². The van der Waals surface area contributed by atoms with E-state index in [1.807, 2.05) is 0 Å². The third-order valence-electron chi connectivity index (χ3n) is 1.36. The van der Waals surface area contributed by atoms with E-state index in [1.165, 1.54) is 6.20 Å². The van der Waals surface area contributed by atoms with Crippen LogP contribution in [0.1, 0.15) is 19.7 Å². The van der Waals surface area contributed by atoms with Crippen LogP contribution >= 0.6 is 0 Å². The maximum Gasteiger partial charge on any atom is 0.257 e. The van der Waals surface area contributed by atoms with Gasteiger partial charge in [-0.15, -0.1) is 0 Å². The molecule has 0 aliphatic rings. The molecule has 0 aliphatic carbocycles. The average molecular weight is 203 g/mol. The summed E-state index contributed by atoms with van der Waals surface area (Å²) in [5.41, 5.74) is 0. The van der Waals surface area contributed by atoms with Gasteiger partial charge in [-0.05, 0) is 20.8 Å². The van der Waals surface area contributed by atoms with E-state index in [0.717, 1.165) is 0 Å². The van der Waals surface area contributed by atoms with Crippen molar-refractivity contribution in [3.63, 3.8) is 0 Å². The van der Waals surface area contributed by atoms with Crippen LogP contribution in [0.2, 0.25) is 0 Å². The van der Waals surface area contributed by atoms with E-state index in [9.17, 15) is 8.42 Å². The summed E-state index contributed by atoms with van der Waals surface area (Å²) in [5, 5.41) is 0.110. The Hall–Kier alpha value is -0.880. The molecule has 1 rings (SSSR count). The Morgan fingerprint density at radius 2 is 2.15 bits per heavy atom. The Balaban J connectivity index is 2.95. The molecule has 0 saturated heterocycles. The molecular formula is C7H13N3O2S. The molecule has 0 spiro atoms. The zero-order chi connectivity index (χ0) is 10.1. The van der Waals surface area contributed by atoms with Crippen LogP contribution in [-0.4, -0.2) is 24.4 Å². The molecule has 1 heterocycles. The van der Waals surface area contributed by atoms with Crippen LogP contribution in [-0.2, 0) is 10.0 Å². The molecule has 0 bridgehead atoms. The predicted octanol–water partition coefficient (Wildman–Crippen LogP) is 0.405. The van der Waals surface area contributed by atoms with E-state index in [-0.39, 0.29) is 11.1 Å². The van der Waals surface area contributed by atoms with E-state index < -0.39 is 10.0 Å². The third kappa shape index (κ3) is 2.53. The van der Waals surface area contributed by atoms with E-state index in [4.69, 9.17) is 0 Å². The second-order valence-corrected chi connectivity index (χ2v) is 4.79. The third-order valence-corrected chi connectivity index (χ3v) is 2.93. The summed E-state index contributed by atoms with van der Waals surface area (Å²) in [7, 11) is -3.41. The molecule has 0 aliphatic heterocycles. The molecule has 0 saturated carbocycles. The molecule has 1 aromatic heterocycles. The molecular weight excluding hydrogens is 190 g/mol. The summed E-state index contributed by atoms with van der Waals surface area (Å²) < 4.78 is 25.4. The van der Waals surface area contributed by atoms with Gasteiger partial charge in [-0.2, -0.15) is 0 Å². The van der Waals surface area contributed by atoms with Crippen molar-refractivity contribution in [2.75, 3.05) is 0 Å². The van der Waals surface area contributed by atoms with E-state index in [2.05, 4.69) is 14.7 Å². The summed E-state index contributed by atoms with van der Waals surface area (Å²) in [6.07, 6.45) is 1.31. The summed E-state index contributed by atoms with van der Waals surface area (Å²) in [6.45, 7) is 5.23. The van der Waals surface area contributed by atoms with Crippen LogP contribution in [0.25, 0.3) is 0 Å². The number of aromatic amines is 1. The van der Waals surface area contributed by atoms with Gasteiger partial charge in [0.25, 0.3) is 10.0 Å². The first kappa shape index (κ1) is 10.2. The highest BCUT2D eigenvalue weighted by atomic mass is 32.2. The van der Waals surface area contributed by atoms with Gasteiger partial charge in [-0.1, -0.05) is 0 Å². The number of rotatable bonds is 3. The maximum atomic E-state index is 11.5. The standard InChI is InChI=1S/C7H13N3O2S/c1-5(2)10-13(11,12)7-4-8-6(3)9-7/h4-5,10H,1-3H3,(H,8,9). The highest BCUT2D eigenvalue weighted by molar-refractivity contribution is 7.89. The second-order valence-electron chi connectivity index (χ2n) is 3.11. The summed E-state index contributed by atoms with van der Waals surface area (Å²) in [5.74, 6) is 0.587. The Morgan fingerprint density at radius 3 is 2.54 bits per heavy atom. The number of nitrogens with one attached hydrogen (secondary N) is 2. The smallest absolute Gasteiger partial charge is 0.257 e. The Kier molecular flexibility index (Phi) is 2.72. The van der Waals surface area contributed by atoms with Gasteiger partial charge in [0.2, 0.25) is 0 Å². The lowest BCUT2D eigenvalue weighted by Gasteiger charge is -2.06. The highest BCUT2D eigenvalue weighted by Crippen LogP contribution is 2.04. The number of aryl methyl sites for hydroxylation is 1. The fourth-order valence-corrected chi connectivity index (χ4v) is 2.13. The number of H-pyrrole nitrogens is 1. The van der Waals surface area contributed by atoms with Crippen molar-refractivity contribution < 1.29 is 8.42 Å². The van der Waals surface area contributed by atoms with E-state index >= 15 is 0 Å². The summed E-state index contributed by atoms with van der Waals surface area (Å²) in [4.78, 5) is 6.48. The van der Waals surface area contributed by atoms with Crippen LogP contribution in [0.5, 0.6) is 0 Å². The number of sulfonamides is 1. The molecule has 0 fully saturated rings. The van der Waals surface area contributed by atoms with Gasteiger partial charge in [0.15, 0.2) is 5.03 Å². The topological polar surface area (TPSA) is 74.8 Å². The van der Waals surface area contributed by atoms with Crippen LogP contribution in [0.15, 0.2) is 11.2 Å². The van der Waals surface area contributed by atoms with Crippen molar-refractivity contribution in [1.82, 2.24) is 14.7 Å². The Labute approximate surface area is 77.6 Å². The van der Waals surface area contributed by atoms with E-state index in [0.29, 0.717) is 5.82 Å². The van der Waals surface area contributed by atoms with Crippen LogP contribution in [0.3, 0.4) is 0 Å². The van der Waals surface area contributed by atoms with Crippen LogP contribution in [0.4, 0.5) is 0 Å². The van der Waals surface area contributed by atoms with Crippen molar-refractivity contribution in [2.24, 2.45) is 0 Å². The first-order valence-electron chi connectivity index (χ1n) is 3.96. The molecule has 0 atom stereocenters. The quantitative estimate of drug-likeness (QED) is 0.747. The minimum absolute atomic E-state index is 0.110. The van der Waals surface area contributed by atoms with E-state index in [1.54, 1.807) is 20.8 Å². The van der Waals surface area contributed by atoms with Gasteiger partial charge in [0.05, 0.1) is 6.20 Å². The van der Waals surface area contributed by atoms with Crippen molar-refractivity contribution in [3.05, 3.63) is 12.0 Å². The number of hydrogen-bond donors (Lipinski definition) is 2. The zero-order valence-electron chi connectivity index (χ0n) is 7.83. The average Bonchev–Trinajstić information content (AvgIpc) is 2.32. The SMILES string of the molecule is Cc1ncc(S(=O)(=O)NC(C)C)[nH]1. The monoisotopic (exact) mass is 203 g/mol. The minimum Gasteiger partial charge on any atom is -0.332 e. The molecule has 1 aromatic rings. The lowest BCUT2D eigenvalue weighted by Crippen LogP contribution is -2.30. The molecule has 0 amide bonds. The fraction of sp³-hybridized carbons (Fsp3) is 0.571. The van der Waals surface area contributed by atoms with Gasteiger partial charge in [-0.3, -0.25) is 0 Å². The second kappa shape index (κ2) is 3.47. The molecule has 0 radical (unpaired) electrons. The van der Waals surface area contributed by atoms with Gasteiger partial charge in [0, 0.05) is 6.04 Å². The maximum absolute atomic E-state index is 11.5. The normalized spacial score (nSPS) is 12.3. The van der Waals surface area contributed by atoms with Crippen LogP contribution in [0, 0.1) is 6.92 Å². The number of imidazole rings is 1. The van der Waals surface area contributed by atoms with Gasteiger partial charge in [0.1, 0.15) is 5.82 Å².